The van der Waals surface area contributed by atoms with Crippen molar-refractivity contribution in [2.75, 3.05) is 0 Å². The lowest BCUT2D eigenvalue weighted by Gasteiger charge is -2.11. The molecule has 0 aliphatic heterocycles. The van der Waals surface area contributed by atoms with Crippen LogP contribution in [0.2, 0.25) is 5.02 Å². The molecule has 0 aliphatic carbocycles. The Morgan fingerprint density at radius 3 is 2.62 bits per heavy atom. The van der Waals surface area contributed by atoms with E-state index in [0.29, 0.717) is 21.8 Å². The second-order valence-corrected chi connectivity index (χ2v) is 6.51. The van der Waals surface area contributed by atoms with Crippen molar-refractivity contribution in [2.24, 2.45) is 10.9 Å². The smallest absolute Gasteiger partial charge is 0.151 e. The molecule has 24 heavy (non-hydrogen) atoms. The van der Waals surface area contributed by atoms with Crippen molar-refractivity contribution in [3.8, 4) is 5.75 Å². The van der Waals surface area contributed by atoms with Crippen molar-refractivity contribution in [3.63, 3.8) is 0 Å². The maximum Gasteiger partial charge on any atom is 0.151 e. The van der Waals surface area contributed by atoms with Crippen LogP contribution in [0.3, 0.4) is 0 Å². The third kappa shape index (κ3) is 4.60. The van der Waals surface area contributed by atoms with Gasteiger partial charge in [-0.05, 0) is 31.0 Å². The van der Waals surface area contributed by atoms with Crippen LogP contribution in [0.1, 0.15) is 63.9 Å². The molecule has 0 atom stereocenters. The number of rotatable bonds is 9. The zero-order valence-corrected chi connectivity index (χ0v) is 15.0. The van der Waals surface area contributed by atoms with E-state index in [4.69, 9.17) is 17.4 Å². The molecule has 0 bridgehead atoms. The Morgan fingerprint density at radius 1 is 1.21 bits per heavy atom. The van der Waals surface area contributed by atoms with E-state index >= 15 is 0 Å². The minimum Gasteiger partial charge on any atom is -0.505 e. The van der Waals surface area contributed by atoms with Gasteiger partial charge in [0.25, 0.3) is 0 Å². The third-order valence-electron chi connectivity index (χ3n) is 4.30. The largest absolute Gasteiger partial charge is 0.505 e. The number of aromatic hydroxyl groups is 1. The number of phenolic OH excluding ortho intramolecular Hbond substituents is 1. The Hall–Kier alpha value is -1.81. The first-order chi connectivity index (χ1) is 11.7. The highest BCUT2D eigenvalue weighted by molar-refractivity contribution is 6.36. The van der Waals surface area contributed by atoms with Crippen molar-refractivity contribution in [1.29, 1.82) is 0 Å². The molecule has 0 saturated carbocycles. The molecular weight excluding hydrogens is 322 g/mol. The molecular formula is C19H26ClN3O. The quantitative estimate of drug-likeness (QED) is 0.276. The van der Waals surface area contributed by atoms with Crippen LogP contribution in [0.25, 0.3) is 10.9 Å². The van der Waals surface area contributed by atoms with Crippen molar-refractivity contribution in [2.45, 2.75) is 58.3 Å². The molecule has 130 valence electrons. The standard InChI is InChI=1S/C19H26ClN3O/c1-2-3-4-5-6-7-8-11-17(23-21)15-13-16(20)14-10-9-12-22-18(14)19(15)24/h9-10,12-13,24H,2-8,11,21H2,1H3/b23-17+. The van der Waals surface area contributed by atoms with Gasteiger partial charge in [0.15, 0.2) is 5.75 Å². The zero-order valence-electron chi connectivity index (χ0n) is 14.3. The predicted octanol–water partition coefficient (Wildman–Crippen LogP) is 5.40. The number of nitrogens with zero attached hydrogens (tertiary/aromatic N) is 2. The van der Waals surface area contributed by atoms with Gasteiger partial charge >= 0.3 is 0 Å². The van der Waals surface area contributed by atoms with Crippen LogP contribution in [0.15, 0.2) is 29.5 Å². The lowest BCUT2D eigenvalue weighted by Crippen LogP contribution is -2.06. The monoisotopic (exact) mass is 347 g/mol. The fraction of sp³-hybridized carbons (Fsp3) is 0.474. The van der Waals surface area contributed by atoms with Crippen molar-refractivity contribution in [3.05, 3.63) is 35.0 Å². The number of halogens is 1. The van der Waals surface area contributed by atoms with E-state index in [0.717, 1.165) is 24.6 Å². The van der Waals surface area contributed by atoms with E-state index in [-0.39, 0.29) is 5.75 Å². The van der Waals surface area contributed by atoms with Gasteiger partial charge in [-0.25, -0.2) is 0 Å². The van der Waals surface area contributed by atoms with Gasteiger partial charge in [-0.1, -0.05) is 57.0 Å². The number of phenols is 1. The number of pyridine rings is 1. The number of nitrogens with two attached hydrogens (primary N) is 1. The van der Waals surface area contributed by atoms with Crippen LogP contribution in [-0.4, -0.2) is 15.8 Å². The van der Waals surface area contributed by atoms with Crippen LogP contribution in [-0.2, 0) is 0 Å². The molecule has 1 aromatic heterocycles. The second-order valence-electron chi connectivity index (χ2n) is 6.10. The highest BCUT2D eigenvalue weighted by atomic mass is 35.5. The molecule has 0 fully saturated rings. The van der Waals surface area contributed by atoms with E-state index in [1.54, 1.807) is 18.3 Å². The van der Waals surface area contributed by atoms with Crippen molar-refractivity contribution in [1.82, 2.24) is 4.98 Å². The Labute approximate surface area is 148 Å². The van der Waals surface area contributed by atoms with Gasteiger partial charge in [-0.2, -0.15) is 5.10 Å². The molecule has 0 amide bonds. The van der Waals surface area contributed by atoms with Gasteiger partial charge in [0.05, 0.1) is 10.7 Å². The Balaban J connectivity index is 2.03. The third-order valence-corrected chi connectivity index (χ3v) is 4.61. The highest BCUT2D eigenvalue weighted by Crippen LogP contribution is 2.33. The molecule has 4 nitrogen and oxygen atoms in total. The zero-order chi connectivity index (χ0) is 17.4. The van der Waals surface area contributed by atoms with Crippen LogP contribution in [0.5, 0.6) is 5.75 Å². The number of hydrazone groups is 1. The van der Waals surface area contributed by atoms with Crippen LogP contribution >= 0.6 is 11.6 Å². The lowest BCUT2D eigenvalue weighted by atomic mass is 10.00. The van der Waals surface area contributed by atoms with Gasteiger partial charge in [0, 0.05) is 17.1 Å². The Bertz CT molecular complexity index is 700. The van der Waals surface area contributed by atoms with Crippen molar-refractivity contribution >= 4 is 28.2 Å². The first-order valence-electron chi connectivity index (χ1n) is 8.72. The molecule has 2 rings (SSSR count). The van der Waals surface area contributed by atoms with Gasteiger partial charge in [0.1, 0.15) is 5.52 Å². The van der Waals surface area contributed by atoms with Crippen LogP contribution in [0, 0.1) is 0 Å². The number of fused-ring (bicyclic) bond motifs is 1. The van der Waals surface area contributed by atoms with Gasteiger partial charge in [-0.3, -0.25) is 4.98 Å². The minimum absolute atomic E-state index is 0.0992. The summed E-state index contributed by atoms with van der Waals surface area (Å²) in [5.74, 6) is 5.66. The predicted molar refractivity (Wildman–Crippen MR) is 102 cm³/mol. The summed E-state index contributed by atoms with van der Waals surface area (Å²) in [5.41, 5.74) is 1.75. The average molecular weight is 348 g/mol. The molecule has 5 heteroatoms. The van der Waals surface area contributed by atoms with E-state index in [2.05, 4.69) is 17.0 Å². The van der Waals surface area contributed by atoms with E-state index in [9.17, 15) is 5.11 Å². The number of benzene rings is 1. The molecule has 0 saturated heterocycles. The maximum absolute atomic E-state index is 10.5. The lowest BCUT2D eigenvalue weighted by molar-refractivity contribution is 0.479. The Kier molecular flexibility index (Phi) is 7.32. The average Bonchev–Trinajstić information content (AvgIpc) is 2.61. The summed E-state index contributed by atoms with van der Waals surface area (Å²) in [4.78, 5) is 4.23. The van der Waals surface area contributed by atoms with Crippen LogP contribution < -0.4 is 5.84 Å². The molecule has 0 aliphatic rings. The normalized spacial score (nSPS) is 12.0. The number of hydrogen-bond acceptors (Lipinski definition) is 4. The number of unbranched alkanes of at least 4 members (excludes halogenated alkanes) is 6. The summed E-state index contributed by atoms with van der Waals surface area (Å²) in [5, 5.41) is 15.7. The van der Waals surface area contributed by atoms with Gasteiger partial charge in [-0.15, -0.1) is 0 Å². The number of aromatic nitrogens is 1. The second kappa shape index (κ2) is 9.48. The molecule has 1 heterocycles. The summed E-state index contributed by atoms with van der Waals surface area (Å²) in [6.07, 6.45) is 10.9. The van der Waals surface area contributed by atoms with Crippen molar-refractivity contribution < 1.29 is 5.11 Å². The Morgan fingerprint density at radius 2 is 1.92 bits per heavy atom. The fourth-order valence-electron chi connectivity index (χ4n) is 2.93. The van der Waals surface area contributed by atoms with Gasteiger partial charge in [0.2, 0.25) is 0 Å². The molecule has 3 N–H and O–H groups in total. The first-order valence-corrected chi connectivity index (χ1v) is 9.10. The van der Waals surface area contributed by atoms with Gasteiger partial charge < -0.3 is 10.9 Å². The topological polar surface area (TPSA) is 71.5 Å². The molecule has 0 spiro atoms. The highest BCUT2D eigenvalue weighted by Gasteiger charge is 2.15. The summed E-state index contributed by atoms with van der Waals surface area (Å²) < 4.78 is 0. The molecule has 0 unspecified atom stereocenters. The first kappa shape index (κ1) is 18.5. The summed E-state index contributed by atoms with van der Waals surface area (Å²) in [6.45, 7) is 2.22. The molecule has 2 aromatic rings. The number of hydrogen-bond donors (Lipinski definition) is 2. The summed E-state index contributed by atoms with van der Waals surface area (Å²) >= 11 is 6.32. The molecule has 1 aromatic carbocycles. The fourth-order valence-corrected chi connectivity index (χ4v) is 3.19. The summed E-state index contributed by atoms with van der Waals surface area (Å²) in [6, 6.07) is 5.36. The van der Waals surface area contributed by atoms with E-state index in [1.165, 1.54) is 32.1 Å². The maximum atomic E-state index is 10.5. The SMILES string of the molecule is CCCCCCCCC/C(=N\N)c1cc(Cl)c2cccnc2c1O. The minimum atomic E-state index is 0.0992. The molecule has 0 radical (unpaired) electrons. The summed E-state index contributed by atoms with van der Waals surface area (Å²) in [7, 11) is 0. The van der Waals surface area contributed by atoms with E-state index < -0.39 is 0 Å². The van der Waals surface area contributed by atoms with Crippen LogP contribution in [0.4, 0.5) is 0 Å². The van der Waals surface area contributed by atoms with E-state index in [1.807, 2.05) is 6.07 Å².